The number of primary amides is 1. The zero-order valence-electron chi connectivity index (χ0n) is 14.8. The van der Waals surface area contributed by atoms with Gasteiger partial charge in [-0.1, -0.05) is 6.07 Å². The van der Waals surface area contributed by atoms with E-state index in [0.717, 1.165) is 35.7 Å². The molecule has 1 amide bonds. The molecule has 0 atom stereocenters. The second kappa shape index (κ2) is 6.94. The standard InChI is InChI=1S/C19H23N5O/c1-23(2)11-12-24(3)14-9-7-13(8-10-14)19-21-16-6-4-5-15(18(20)25)17(16)22-19/h4-10H,11-12H2,1-3H3,(H2,20,25)(H,21,22). The quantitative estimate of drug-likeness (QED) is 0.724. The summed E-state index contributed by atoms with van der Waals surface area (Å²) in [5.74, 6) is 0.257. The third-order valence-corrected chi connectivity index (χ3v) is 4.24. The van der Waals surface area contributed by atoms with Gasteiger partial charge in [0.15, 0.2) is 0 Å². The minimum absolute atomic E-state index is 0.431. The van der Waals surface area contributed by atoms with Crippen molar-refractivity contribution in [3.8, 4) is 11.4 Å². The van der Waals surface area contributed by atoms with Crippen LogP contribution in [0, 0.1) is 0 Å². The summed E-state index contributed by atoms with van der Waals surface area (Å²) in [5.41, 5.74) is 9.39. The number of likely N-dealkylation sites (N-methyl/N-ethyl adjacent to an activating group) is 2. The predicted molar refractivity (Wildman–Crippen MR) is 102 cm³/mol. The number of anilines is 1. The number of para-hydroxylation sites is 1. The molecule has 0 aliphatic heterocycles. The SMILES string of the molecule is CN(C)CCN(C)c1ccc(-c2nc3c(C(N)=O)cccc3[nH]2)cc1. The number of carbonyl (C=O) groups is 1. The van der Waals surface area contributed by atoms with Gasteiger partial charge in [0.25, 0.3) is 5.91 Å². The minimum atomic E-state index is -0.471. The first-order valence-corrected chi connectivity index (χ1v) is 8.20. The minimum Gasteiger partial charge on any atom is -0.373 e. The van der Waals surface area contributed by atoms with Crippen molar-refractivity contribution in [2.75, 3.05) is 39.1 Å². The van der Waals surface area contributed by atoms with Gasteiger partial charge in [0.1, 0.15) is 11.3 Å². The zero-order chi connectivity index (χ0) is 18.0. The van der Waals surface area contributed by atoms with Crippen molar-refractivity contribution in [1.29, 1.82) is 0 Å². The molecule has 0 fully saturated rings. The molecule has 25 heavy (non-hydrogen) atoms. The fourth-order valence-corrected chi connectivity index (χ4v) is 2.72. The lowest BCUT2D eigenvalue weighted by Gasteiger charge is -2.21. The summed E-state index contributed by atoms with van der Waals surface area (Å²) in [6, 6.07) is 13.6. The van der Waals surface area contributed by atoms with Gasteiger partial charge in [0.05, 0.1) is 11.1 Å². The average molecular weight is 337 g/mol. The summed E-state index contributed by atoms with van der Waals surface area (Å²) >= 11 is 0. The van der Waals surface area contributed by atoms with Crippen molar-refractivity contribution < 1.29 is 4.79 Å². The Labute approximate surface area is 147 Å². The maximum absolute atomic E-state index is 11.5. The molecule has 0 spiro atoms. The van der Waals surface area contributed by atoms with E-state index in [4.69, 9.17) is 5.73 Å². The van der Waals surface area contributed by atoms with E-state index >= 15 is 0 Å². The molecule has 0 saturated heterocycles. The molecule has 0 aliphatic rings. The van der Waals surface area contributed by atoms with Crippen LogP contribution in [0.5, 0.6) is 0 Å². The fourth-order valence-electron chi connectivity index (χ4n) is 2.72. The van der Waals surface area contributed by atoms with Crippen molar-refractivity contribution in [1.82, 2.24) is 14.9 Å². The molecular formula is C19H23N5O. The number of nitrogens with one attached hydrogen (secondary N) is 1. The maximum Gasteiger partial charge on any atom is 0.250 e. The summed E-state index contributed by atoms with van der Waals surface area (Å²) < 4.78 is 0. The molecule has 1 aromatic heterocycles. The second-order valence-electron chi connectivity index (χ2n) is 6.42. The Morgan fingerprint density at radius 2 is 1.80 bits per heavy atom. The molecule has 1 heterocycles. The van der Waals surface area contributed by atoms with Gasteiger partial charge in [-0.05, 0) is 50.5 Å². The Bertz CT molecular complexity index is 882. The number of H-pyrrole nitrogens is 1. The molecule has 6 nitrogen and oxygen atoms in total. The number of benzene rings is 2. The number of carbonyl (C=O) groups excluding carboxylic acids is 1. The number of nitrogens with two attached hydrogens (primary N) is 1. The highest BCUT2D eigenvalue weighted by Gasteiger charge is 2.12. The molecule has 3 N–H and O–H groups in total. The van der Waals surface area contributed by atoms with E-state index in [1.807, 2.05) is 18.2 Å². The Kier molecular flexibility index (Phi) is 4.72. The number of rotatable bonds is 6. The number of aromatic nitrogens is 2. The highest BCUT2D eigenvalue weighted by Crippen LogP contribution is 2.24. The number of amides is 1. The molecule has 6 heteroatoms. The third-order valence-electron chi connectivity index (χ3n) is 4.24. The maximum atomic E-state index is 11.5. The summed E-state index contributed by atoms with van der Waals surface area (Å²) in [4.78, 5) is 23.7. The molecule has 130 valence electrons. The van der Waals surface area contributed by atoms with E-state index in [-0.39, 0.29) is 0 Å². The van der Waals surface area contributed by atoms with E-state index in [9.17, 15) is 4.79 Å². The Balaban J connectivity index is 1.86. The van der Waals surface area contributed by atoms with Gasteiger partial charge < -0.3 is 20.5 Å². The molecule has 3 aromatic rings. The van der Waals surface area contributed by atoms with Crippen LogP contribution in [0.4, 0.5) is 5.69 Å². The van der Waals surface area contributed by atoms with Crippen LogP contribution in [0.25, 0.3) is 22.4 Å². The number of hydrogen-bond donors (Lipinski definition) is 2. The first kappa shape index (κ1) is 17.0. The highest BCUT2D eigenvalue weighted by atomic mass is 16.1. The van der Waals surface area contributed by atoms with Crippen molar-refractivity contribution >= 4 is 22.6 Å². The van der Waals surface area contributed by atoms with Crippen molar-refractivity contribution in [2.45, 2.75) is 0 Å². The smallest absolute Gasteiger partial charge is 0.250 e. The normalized spacial score (nSPS) is 11.2. The topological polar surface area (TPSA) is 78.2 Å². The van der Waals surface area contributed by atoms with E-state index in [1.54, 1.807) is 12.1 Å². The van der Waals surface area contributed by atoms with E-state index < -0.39 is 5.91 Å². The third kappa shape index (κ3) is 3.64. The van der Waals surface area contributed by atoms with Gasteiger partial charge in [0, 0.05) is 31.4 Å². The highest BCUT2D eigenvalue weighted by molar-refractivity contribution is 6.04. The van der Waals surface area contributed by atoms with Crippen LogP contribution in [-0.2, 0) is 0 Å². The Morgan fingerprint density at radius 1 is 1.08 bits per heavy atom. The van der Waals surface area contributed by atoms with E-state index in [1.165, 1.54) is 0 Å². The van der Waals surface area contributed by atoms with E-state index in [0.29, 0.717) is 11.1 Å². The first-order valence-electron chi connectivity index (χ1n) is 8.20. The first-order chi connectivity index (χ1) is 12.0. The Hall–Kier alpha value is -2.86. The van der Waals surface area contributed by atoms with Crippen LogP contribution in [0.3, 0.4) is 0 Å². The zero-order valence-corrected chi connectivity index (χ0v) is 14.8. The predicted octanol–water partition coefficient (Wildman–Crippen LogP) is 2.33. The number of nitrogens with zero attached hydrogens (tertiary/aromatic N) is 3. The molecule has 0 radical (unpaired) electrons. The lowest BCUT2D eigenvalue weighted by atomic mass is 10.2. The lowest BCUT2D eigenvalue weighted by molar-refractivity contribution is 0.100. The van der Waals surface area contributed by atoms with Crippen molar-refractivity contribution in [3.05, 3.63) is 48.0 Å². The van der Waals surface area contributed by atoms with Crippen molar-refractivity contribution in [2.24, 2.45) is 5.73 Å². The van der Waals surface area contributed by atoms with Gasteiger partial charge in [-0.2, -0.15) is 0 Å². The second-order valence-corrected chi connectivity index (χ2v) is 6.42. The molecule has 3 rings (SSSR count). The molecule has 2 aromatic carbocycles. The number of aromatic amines is 1. The van der Waals surface area contributed by atoms with Crippen molar-refractivity contribution in [3.63, 3.8) is 0 Å². The summed E-state index contributed by atoms with van der Waals surface area (Å²) in [6.07, 6.45) is 0. The van der Waals surface area contributed by atoms with Crippen LogP contribution in [-0.4, -0.2) is 55.0 Å². The van der Waals surface area contributed by atoms with Crippen LogP contribution < -0.4 is 10.6 Å². The molecular weight excluding hydrogens is 314 g/mol. The number of fused-ring (bicyclic) bond motifs is 1. The van der Waals surface area contributed by atoms with Crippen LogP contribution >= 0.6 is 0 Å². The Morgan fingerprint density at radius 3 is 2.44 bits per heavy atom. The molecule has 0 aliphatic carbocycles. The van der Waals surface area contributed by atoms with Crippen LogP contribution in [0.2, 0.25) is 0 Å². The molecule has 0 unspecified atom stereocenters. The van der Waals surface area contributed by atoms with Crippen LogP contribution in [0.1, 0.15) is 10.4 Å². The monoisotopic (exact) mass is 337 g/mol. The largest absolute Gasteiger partial charge is 0.373 e. The lowest BCUT2D eigenvalue weighted by Crippen LogP contribution is -2.28. The fraction of sp³-hybridized carbons (Fsp3) is 0.263. The van der Waals surface area contributed by atoms with E-state index in [2.05, 4.69) is 53.0 Å². The van der Waals surface area contributed by atoms with Gasteiger partial charge >= 0.3 is 0 Å². The van der Waals surface area contributed by atoms with Crippen LogP contribution in [0.15, 0.2) is 42.5 Å². The molecule has 0 saturated carbocycles. The number of imidazole rings is 1. The van der Waals surface area contributed by atoms with Gasteiger partial charge in [0.2, 0.25) is 0 Å². The summed E-state index contributed by atoms with van der Waals surface area (Å²) in [5, 5.41) is 0. The van der Waals surface area contributed by atoms with Gasteiger partial charge in [-0.25, -0.2) is 4.98 Å². The van der Waals surface area contributed by atoms with Gasteiger partial charge in [-0.15, -0.1) is 0 Å². The average Bonchev–Trinajstić information content (AvgIpc) is 3.03. The number of hydrogen-bond acceptors (Lipinski definition) is 4. The molecule has 0 bridgehead atoms. The summed E-state index contributed by atoms with van der Waals surface area (Å²) in [7, 11) is 6.22. The summed E-state index contributed by atoms with van der Waals surface area (Å²) in [6.45, 7) is 1.96. The van der Waals surface area contributed by atoms with Gasteiger partial charge in [-0.3, -0.25) is 4.79 Å².